The van der Waals surface area contributed by atoms with E-state index in [9.17, 15) is 0 Å². The summed E-state index contributed by atoms with van der Waals surface area (Å²) in [5.41, 5.74) is 9.86. The van der Waals surface area contributed by atoms with Crippen LogP contribution in [0.3, 0.4) is 0 Å². The van der Waals surface area contributed by atoms with Crippen molar-refractivity contribution in [3.8, 4) is 0 Å². The van der Waals surface area contributed by atoms with Gasteiger partial charge < -0.3 is 0 Å². The average molecular weight is 320 g/mol. The third-order valence-electron chi connectivity index (χ3n) is 4.28. The minimum absolute atomic E-state index is 1.10. The number of hydrogen-bond acceptors (Lipinski definition) is 0. The lowest BCUT2D eigenvalue weighted by atomic mass is 9.64. The number of allylic oxidation sites excluding steroid dienone is 4. The first-order valence-electron chi connectivity index (χ1n) is 7.47. The van der Waals surface area contributed by atoms with Crippen molar-refractivity contribution in [1.82, 2.24) is 0 Å². The molecule has 0 fully saturated rings. The molecule has 0 aromatic heterocycles. The molecule has 0 unspecified atom stereocenters. The summed E-state index contributed by atoms with van der Waals surface area (Å²) < 4.78 is 1.20. The first kappa shape index (κ1) is 17.7. The van der Waals surface area contributed by atoms with Gasteiger partial charge in [-0.25, -0.2) is 0 Å². The Morgan fingerprint density at radius 1 is 0.900 bits per heavy atom. The van der Waals surface area contributed by atoms with Crippen molar-refractivity contribution < 1.29 is 0 Å². The van der Waals surface area contributed by atoms with E-state index < -0.39 is 0 Å². The Bertz CT molecular complexity index is 577. The molecule has 0 saturated carbocycles. The van der Waals surface area contributed by atoms with Crippen molar-refractivity contribution in [3.63, 3.8) is 0 Å². The summed E-state index contributed by atoms with van der Waals surface area (Å²) in [7, 11) is 15.6. The summed E-state index contributed by atoms with van der Waals surface area (Å²) >= 11 is 3.63. The zero-order valence-corrected chi connectivity index (χ0v) is 15.5. The van der Waals surface area contributed by atoms with Crippen LogP contribution in [-0.2, 0) is 0 Å². The van der Waals surface area contributed by atoms with E-state index in [1.165, 1.54) is 43.0 Å². The minimum Gasteiger partial charge on any atom is -0.123 e. The van der Waals surface area contributed by atoms with Crippen molar-refractivity contribution in [2.45, 2.75) is 12.6 Å². The highest BCUT2D eigenvalue weighted by atomic mass is 79.9. The van der Waals surface area contributed by atoms with Crippen molar-refractivity contribution in [3.05, 3.63) is 38.6 Å². The molecule has 0 heterocycles. The lowest BCUT2D eigenvalue weighted by Crippen LogP contribution is -2.19. The monoisotopic (exact) mass is 320 g/mol. The van der Waals surface area contributed by atoms with Crippen molar-refractivity contribution in [2.24, 2.45) is 0 Å². The predicted octanol–water partition coefficient (Wildman–Crippen LogP) is -4.11. The fourth-order valence-corrected chi connectivity index (χ4v) is 2.92. The molecule has 0 spiro atoms. The van der Waals surface area contributed by atoms with E-state index in [1.54, 1.807) is 0 Å². The smallest absolute Gasteiger partial charge is 0.123 e. The van der Waals surface area contributed by atoms with Gasteiger partial charge in [-0.15, -0.1) is 10.9 Å². The van der Waals surface area contributed by atoms with E-state index >= 15 is 0 Å². The Labute approximate surface area is 138 Å². The summed E-state index contributed by atoms with van der Waals surface area (Å²) in [6.07, 6.45) is 2.21. The predicted molar refractivity (Wildman–Crippen MR) is 117 cm³/mol. The van der Waals surface area contributed by atoms with Crippen LogP contribution in [0.1, 0.15) is 5.56 Å². The van der Waals surface area contributed by atoms with Gasteiger partial charge in [0.25, 0.3) is 0 Å². The van der Waals surface area contributed by atoms with E-state index in [0.717, 1.165) is 12.6 Å². The number of benzene rings is 1. The Kier molecular flexibility index (Phi) is 6.71. The third-order valence-corrected chi connectivity index (χ3v) is 5.13. The highest BCUT2D eigenvalue weighted by Crippen LogP contribution is 2.26. The number of hydrogen-bond donors (Lipinski definition) is 0. The maximum absolute atomic E-state index is 3.63. The Morgan fingerprint density at radius 3 is 1.95 bits per heavy atom. The van der Waals surface area contributed by atoms with Gasteiger partial charge in [0, 0.05) is 4.47 Å². The van der Waals surface area contributed by atoms with Crippen molar-refractivity contribution in [1.29, 1.82) is 0 Å². The molecule has 0 bridgehead atoms. The molecule has 96 valence electrons. The normalized spacial score (nSPS) is 13.7. The molecule has 0 aliphatic rings. The SMILES string of the molecule is BC/C(B)=C(B)\C(=C(\B)CB)c1cc(B)c(Br)cc1B. The summed E-state index contributed by atoms with van der Waals surface area (Å²) in [4.78, 5) is 0. The van der Waals surface area contributed by atoms with Gasteiger partial charge in [0.05, 0.1) is 0 Å². The Morgan fingerprint density at radius 2 is 1.45 bits per heavy atom. The highest BCUT2D eigenvalue weighted by molar-refractivity contribution is 9.10. The molecule has 0 amide bonds. The molecule has 0 atom stereocenters. The molecule has 20 heavy (non-hydrogen) atoms. The van der Waals surface area contributed by atoms with E-state index in [0.29, 0.717) is 0 Å². The largest absolute Gasteiger partial charge is 0.140 e. The summed E-state index contributed by atoms with van der Waals surface area (Å²) in [6, 6.07) is 4.56. The second-order valence-corrected chi connectivity index (χ2v) is 6.54. The van der Waals surface area contributed by atoms with Crippen LogP contribution in [0, 0.1) is 0 Å². The summed E-state index contributed by atoms with van der Waals surface area (Å²) in [5.74, 6) is 0. The molecule has 0 aliphatic heterocycles. The van der Waals surface area contributed by atoms with Gasteiger partial charge in [-0.1, -0.05) is 57.1 Å². The first-order valence-corrected chi connectivity index (χ1v) is 8.26. The van der Waals surface area contributed by atoms with Crippen LogP contribution in [0.25, 0.3) is 5.57 Å². The first-order chi connectivity index (χ1) is 9.33. The van der Waals surface area contributed by atoms with Gasteiger partial charge in [-0.3, -0.25) is 0 Å². The molecule has 0 aliphatic carbocycles. The standard InChI is InChI=1S/C12H20B7Br/c13-3-8(17)11(12(19)9(18)4-14)5-1-7(16)10(20)2-6(5)15/h1-2H,3-4,13-19H2/b11-8+,12-9-. The van der Waals surface area contributed by atoms with E-state index in [4.69, 9.17) is 0 Å². The second kappa shape index (κ2) is 7.59. The minimum atomic E-state index is 1.10. The van der Waals surface area contributed by atoms with E-state index in [2.05, 4.69) is 83.0 Å². The Hall–Kier alpha value is -0.365. The van der Waals surface area contributed by atoms with Gasteiger partial charge in [0.1, 0.15) is 54.9 Å². The van der Waals surface area contributed by atoms with Crippen LogP contribution in [0.4, 0.5) is 0 Å². The molecule has 0 radical (unpaired) electrons. The maximum atomic E-state index is 3.63. The van der Waals surface area contributed by atoms with Gasteiger partial charge in [0.2, 0.25) is 0 Å². The van der Waals surface area contributed by atoms with Gasteiger partial charge in [-0.2, -0.15) is 0 Å². The fourth-order valence-electron chi connectivity index (χ4n) is 2.46. The van der Waals surface area contributed by atoms with Crippen molar-refractivity contribution in [2.75, 3.05) is 0 Å². The van der Waals surface area contributed by atoms with Crippen LogP contribution < -0.4 is 10.9 Å². The molecule has 0 nitrogen and oxygen atoms in total. The van der Waals surface area contributed by atoms with Gasteiger partial charge >= 0.3 is 0 Å². The molecule has 8 heteroatoms. The topological polar surface area (TPSA) is 0 Å². The molecule has 1 rings (SSSR count). The zero-order chi connectivity index (χ0) is 15.4. The zero-order valence-electron chi connectivity index (χ0n) is 13.9. The molecule has 0 N–H and O–H groups in total. The molecule has 0 saturated heterocycles. The fraction of sp³-hybridized carbons (Fsp3) is 0.167. The lowest BCUT2D eigenvalue weighted by Gasteiger charge is -2.20. The van der Waals surface area contributed by atoms with Crippen LogP contribution >= 0.6 is 15.9 Å². The molecule has 1 aromatic carbocycles. The van der Waals surface area contributed by atoms with Crippen LogP contribution in [0.5, 0.6) is 0 Å². The van der Waals surface area contributed by atoms with Crippen LogP contribution in [0.2, 0.25) is 12.6 Å². The Balaban J connectivity index is 3.62. The van der Waals surface area contributed by atoms with Gasteiger partial charge in [0.15, 0.2) is 0 Å². The van der Waals surface area contributed by atoms with E-state index in [-0.39, 0.29) is 0 Å². The van der Waals surface area contributed by atoms with Crippen LogP contribution in [-0.4, -0.2) is 54.9 Å². The summed E-state index contributed by atoms with van der Waals surface area (Å²) in [6.45, 7) is 0. The highest BCUT2D eigenvalue weighted by Gasteiger charge is 2.12. The maximum Gasteiger partial charge on any atom is 0.140 e. The molecular weight excluding hydrogens is 300 g/mol. The van der Waals surface area contributed by atoms with Gasteiger partial charge in [-0.05, 0) is 11.1 Å². The van der Waals surface area contributed by atoms with Crippen LogP contribution in [0.15, 0.2) is 33.0 Å². The number of rotatable bonds is 4. The third kappa shape index (κ3) is 3.84. The van der Waals surface area contributed by atoms with Crippen molar-refractivity contribution >= 4 is 87.4 Å². The lowest BCUT2D eigenvalue weighted by molar-refractivity contribution is 1.54. The summed E-state index contributed by atoms with van der Waals surface area (Å²) in [5, 5.41) is 0. The van der Waals surface area contributed by atoms with E-state index in [1.807, 2.05) is 0 Å². The number of halogens is 1. The second-order valence-electron chi connectivity index (χ2n) is 5.68. The average Bonchev–Trinajstić information content (AvgIpc) is 2.43. The molecule has 1 aromatic rings. The quantitative estimate of drug-likeness (QED) is 0.391. The molecular formula is C12H20B7Br.